The molecule has 0 aromatic carbocycles. The number of hydrogen-bond donors (Lipinski definition) is 4. The molecule has 0 saturated carbocycles. The monoisotopic (exact) mass is 254 g/mol. The van der Waals surface area contributed by atoms with Crippen molar-refractivity contribution in [2.45, 2.75) is 12.6 Å². The summed E-state index contributed by atoms with van der Waals surface area (Å²) in [4.78, 5) is 38.5. The normalized spacial score (nSPS) is 11.6. The lowest BCUT2D eigenvalue weighted by atomic mass is 10.4. The Bertz CT molecular complexity index is 277. The van der Waals surface area contributed by atoms with E-state index in [4.69, 9.17) is 21.1 Å². The number of rotatable bonds is 6. The van der Waals surface area contributed by atoms with Crippen molar-refractivity contribution in [3.05, 3.63) is 0 Å². The van der Waals surface area contributed by atoms with Crippen molar-refractivity contribution in [3.8, 4) is 0 Å². The van der Waals surface area contributed by atoms with Crippen LogP contribution in [0.15, 0.2) is 0 Å². The van der Waals surface area contributed by atoms with Crippen LogP contribution in [0.1, 0.15) is 6.42 Å². The molecule has 0 aliphatic carbocycles. The first-order valence-corrected chi connectivity index (χ1v) is 4.07. The fraction of sp³-hybridized carbons (Fsp3) is 0.500. The van der Waals surface area contributed by atoms with Crippen LogP contribution >= 0.6 is 0 Å². The number of carbonyl (C=O) groups is 3. The Morgan fingerprint density at radius 3 is 1.82 bits per heavy atom. The van der Waals surface area contributed by atoms with E-state index in [1.807, 2.05) is 0 Å². The first kappa shape index (κ1) is 14.7. The van der Waals surface area contributed by atoms with Gasteiger partial charge < -0.3 is 25.8 Å². The summed E-state index contributed by atoms with van der Waals surface area (Å²) in [5.74, 6) is 0. The first-order valence-electron chi connectivity index (χ1n) is 4.07. The third kappa shape index (κ3) is 6.75. The Hall–Kier alpha value is -2.27. The SMILES string of the molecule is NCCC(OC(=O)O)N(OC(=O)O)OC(=O)O. The van der Waals surface area contributed by atoms with Crippen LogP contribution in [-0.2, 0) is 14.4 Å². The second kappa shape index (κ2) is 7.08. The number of hydroxylamine groups is 2. The van der Waals surface area contributed by atoms with E-state index in [0.717, 1.165) is 0 Å². The van der Waals surface area contributed by atoms with Crippen LogP contribution < -0.4 is 5.73 Å². The Labute approximate surface area is 93.8 Å². The maximum absolute atomic E-state index is 10.3. The summed E-state index contributed by atoms with van der Waals surface area (Å²) in [6, 6.07) is 0. The minimum Gasteiger partial charge on any atom is -0.450 e. The van der Waals surface area contributed by atoms with Gasteiger partial charge in [0.05, 0.1) is 5.23 Å². The molecular formula is C6H10N2O9. The average molecular weight is 254 g/mol. The van der Waals surface area contributed by atoms with Crippen molar-refractivity contribution in [2.75, 3.05) is 6.54 Å². The number of carboxylic acid groups (broad SMARTS) is 3. The number of hydrogen-bond acceptors (Lipinski definition) is 8. The zero-order valence-electron chi connectivity index (χ0n) is 8.31. The first-order chi connectivity index (χ1) is 7.86. The van der Waals surface area contributed by atoms with Crippen molar-refractivity contribution in [2.24, 2.45) is 5.73 Å². The fourth-order valence-electron chi connectivity index (χ4n) is 0.756. The molecule has 0 aromatic heterocycles. The maximum Gasteiger partial charge on any atom is 0.528 e. The number of nitrogens with two attached hydrogens (primary N) is 1. The molecule has 0 spiro atoms. The standard InChI is InChI=1S/C6H10N2O9/c7-2-1-3(15-4(9)10)8(16-5(11)12)17-6(13)14/h3H,1-2,7H2,(H,9,10)(H,11,12)(H,13,14). The van der Waals surface area contributed by atoms with Gasteiger partial charge in [-0.25, -0.2) is 14.4 Å². The van der Waals surface area contributed by atoms with Gasteiger partial charge in [0.15, 0.2) is 0 Å². The molecular weight excluding hydrogens is 244 g/mol. The second-order valence-corrected chi connectivity index (χ2v) is 2.42. The number of ether oxygens (including phenoxy) is 1. The van der Waals surface area contributed by atoms with Gasteiger partial charge in [-0.3, -0.25) is 9.68 Å². The summed E-state index contributed by atoms with van der Waals surface area (Å²) in [5, 5.41) is 24.8. The Morgan fingerprint density at radius 1 is 1.06 bits per heavy atom. The molecule has 0 amide bonds. The van der Waals surface area contributed by atoms with Crippen LogP contribution in [0.2, 0.25) is 0 Å². The van der Waals surface area contributed by atoms with E-state index >= 15 is 0 Å². The fourth-order valence-corrected chi connectivity index (χ4v) is 0.756. The maximum atomic E-state index is 10.3. The van der Waals surface area contributed by atoms with Gasteiger partial charge in [-0.05, 0) is 6.54 Å². The van der Waals surface area contributed by atoms with E-state index in [-0.39, 0.29) is 18.2 Å². The molecule has 0 bridgehead atoms. The molecule has 0 aliphatic rings. The van der Waals surface area contributed by atoms with Crippen LogP contribution in [0, 0.1) is 0 Å². The van der Waals surface area contributed by atoms with Crippen molar-refractivity contribution < 1.29 is 44.1 Å². The second-order valence-electron chi connectivity index (χ2n) is 2.42. The van der Waals surface area contributed by atoms with Crippen LogP contribution in [-0.4, -0.2) is 51.8 Å². The van der Waals surface area contributed by atoms with E-state index in [2.05, 4.69) is 14.4 Å². The highest BCUT2D eigenvalue weighted by Crippen LogP contribution is 2.08. The van der Waals surface area contributed by atoms with Gasteiger partial charge >= 0.3 is 18.5 Å². The van der Waals surface area contributed by atoms with Crippen LogP contribution in [0.25, 0.3) is 0 Å². The summed E-state index contributed by atoms with van der Waals surface area (Å²) in [7, 11) is 0. The quantitative estimate of drug-likeness (QED) is 0.283. The van der Waals surface area contributed by atoms with E-state index in [9.17, 15) is 14.4 Å². The summed E-state index contributed by atoms with van der Waals surface area (Å²) in [5.41, 5.74) is 5.10. The lowest BCUT2D eigenvalue weighted by molar-refractivity contribution is -0.368. The Morgan fingerprint density at radius 2 is 1.53 bits per heavy atom. The molecule has 11 nitrogen and oxygen atoms in total. The molecule has 0 heterocycles. The van der Waals surface area contributed by atoms with Gasteiger partial charge in [0.2, 0.25) is 6.23 Å². The lowest BCUT2D eigenvalue weighted by Gasteiger charge is -2.23. The smallest absolute Gasteiger partial charge is 0.450 e. The summed E-state index contributed by atoms with van der Waals surface area (Å²) in [6.45, 7) is -0.125. The predicted molar refractivity (Wildman–Crippen MR) is 46.6 cm³/mol. The van der Waals surface area contributed by atoms with Crippen LogP contribution in [0.3, 0.4) is 0 Å². The third-order valence-electron chi connectivity index (χ3n) is 1.22. The van der Waals surface area contributed by atoms with Crippen molar-refractivity contribution in [1.82, 2.24) is 5.23 Å². The predicted octanol–water partition coefficient (Wildman–Crippen LogP) is -0.123. The third-order valence-corrected chi connectivity index (χ3v) is 1.22. The van der Waals surface area contributed by atoms with Crippen molar-refractivity contribution >= 4 is 18.5 Å². The molecule has 11 heteroatoms. The molecule has 5 N–H and O–H groups in total. The zero-order valence-corrected chi connectivity index (χ0v) is 8.31. The molecule has 0 aliphatic heterocycles. The summed E-state index contributed by atoms with van der Waals surface area (Å²) >= 11 is 0. The molecule has 17 heavy (non-hydrogen) atoms. The lowest BCUT2D eigenvalue weighted by Crippen LogP contribution is -2.42. The van der Waals surface area contributed by atoms with E-state index in [0.29, 0.717) is 0 Å². The van der Waals surface area contributed by atoms with Gasteiger partial charge in [-0.15, -0.1) is 0 Å². The van der Waals surface area contributed by atoms with Crippen molar-refractivity contribution in [3.63, 3.8) is 0 Å². The summed E-state index contributed by atoms with van der Waals surface area (Å²) < 4.78 is 4.14. The van der Waals surface area contributed by atoms with Gasteiger partial charge in [0.25, 0.3) is 0 Å². The van der Waals surface area contributed by atoms with Crippen LogP contribution in [0.4, 0.5) is 14.4 Å². The molecule has 0 aromatic rings. The molecule has 0 rings (SSSR count). The average Bonchev–Trinajstić information content (AvgIpc) is 2.13. The van der Waals surface area contributed by atoms with E-state index in [1.54, 1.807) is 0 Å². The molecule has 98 valence electrons. The Balaban J connectivity index is 4.70. The highest BCUT2D eigenvalue weighted by atomic mass is 17.0. The molecule has 0 fully saturated rings. The van der Waals surface area contributed by atoms with Gasteiger partial charge in [0, 0.05) is 6.42 Å². The highest BCUT2D eigenvalue weighted by molar-refractivity contribution is 5.58. The number of nitrogens with zero attached hydrogens (tertiary/aromatic N) is 1. The molecule has 0 radical (unpaired) electrons. The highest BCUT2D eigenvalue weighted by Gasteiger charge is 2.29. The van der Waals surface area contributed by atoms with Gasteiger partial charge in [-0.2, -0.15) is 0 Å². The largest absolute Gasteiger partial charge is 0.528 e. The molecule has 0 saturated heterocycles. The van der Waals surface area contributed by atoms with E-state index in [1.165, 1.54) is 0 Å². The Kier molecular flexibility index (Phi) is 6.13. The topological polar surface area (TPSA) is 169 Å². The van der Waals surface area contributed by atoms with Crippen LogP contribution in [0.5, 0.6) is 0 Å². The minimum atomic E-state index is -1.91. The van der Waals surface area contributed by atoms with Gasteiger partial charge in [0.1, 0.15) is 0 Å². The van der Waals surface area contributed by atoms with Crippen molar-refractivity contribution in [1.29, 1.82) is 0 Å². The molecule has 1 unspecified atom stereocenters. The van der Waals surface area contributed by atoms with E-state index < -0.39 is 24.7 Å². The molecule has 1 atom stereocenters. The minimum absolute atomic E-state index is 0.125. The zero-order chi connectivity index (χ0) is 13.4. The summed E-state index contributed by atoms with van der Waals surface area (Å²) in [6.07, 6.45) is -7.49. The van der Waals surface area contributed by atoms with Gasteiger partial charge in [-0.1, -0.05) is 0 Å².